The molecule has 1 aliphatic heterocycles. The van der Waals surface area contributed by atoms with Crippen LogP contribution in [0.15, 0.2) is 15.0 Å². The number of aliphatic hydroxyl groups is 1. The molecule has 1 saturated heterocycles. The summed E-state index contributed by atoms with van der Waals surface area (Å²) >= 11 is 3.42. The summed E-state index contributed by atoms with van der Waals surface area (Å²) < 4.78 is 27.6. The lowest BCUT2D eigenvalue weighted by Gasteiger charge is -2.29. The predicted molar refractivity (Wildman–Crippen MR) is 115 cm³/mol. The first-order valence-electron chi connectivity index (χ1n) is 10.4. The highest BCUT2D eigenvalue weighted by Crippen LogP contribution is 2.33. The molecular weight excluding hydrogens is 490 g/mol. The first kappa shape index (κ1) is 26.3. The van der Waals surface area contributed by atoms with Gasteiger partial charge in [-0.05, 0) is 34.3 Å². The molecule has 0 aliphatic carbocycles. The molecule has 3 atom stereocenters. The Bertz CT molecular complexity index is 794. The van der Waals surface area contributed by atoms with Crippen LogP contribution in [0.1, 0.15) is 44.8 Å². The number of cyclic esters (lactones) is 1. The van der Waals surface area contributed by atoms with Crippen LogP contribution in [0.4, 0.5) is 4.79 Å². The van der Waals surface area contributed by atoms with Crippen LogP contribution in [0, 0.1) is 5.92 Å². The Balaban J connectivity index is 2.25. The number of aryl methyl sites for hydroxylation is 1. The number of hydrogen-bond acceptors (Lipinski definition) is 9. The van der Waals surface area contributed by atoms with Gasteiger partial charge in [-0.25, -0.2) is 9.69 Å². The Hall–Kier alpha value is -1.95. The predicted octanol–water partition coefficient (Wildman–Crippen LogP) is 2.61. The van der Waals surface area contributed by atoms with Gasteiger partial charge in [0.1, 0.15) is 18.1 Å². The Morgan fingerprint density at radius 2 is 2.06 bits per heavy atom. The minimum Gasteiger partial charge on any atom is -0.461 e. The number of carbonyl (C=O) groups excluding carboxylic acids is 3. The molecule has 0 saturated carbocycles. The number of halogens is 1. The largest absolute Gasteiger partial charge is 0.461 e. The van der Waals surface area contributed by atoms with E-state index in [9.17, 15) is 14.4 Å². The second-order valence-corrected chi connectivity index (χ2v) is 8.50. The highest BCUT2D eigenvalue weighted by atomic mass is 79.9. The minimum atomic E-state index is -1.32. The molecule has 180 valence electrons. The van der Waals surface area contributed by atoms with Crippen molar-refractivity contribution >= 4 is 33.9 Å². The van der Waals surface area contributed by atoms with Crippen molar-refractivity contribution in [3.05, 3.63) is 22.1 Å². The third kappa shape index (κ3) is 6.53. The molecule has 0 radical (unpaired) electrons. The van der Waals surface area contributed by atoms with E-state index in [0.717, 1.165) is 4.90 Å². The van der Waals surface area contributed by atoms with E-state index >= 15 is 0 Å². The summed E-state index contributed by atoms with van der Waals surface area (Å²) in [6.07, 6.45) is -2.14. The molecule has 0 spiro atoms. The van der Waals surface area contributed by atoms with Crippen LogP contribution in [-0.4, -0.2) is 73.7 Å². The molecule has 1 aliphatic rings. The number of esters is 1. The lowest BCUT2D eigenvalue weighted by atomic mass is 10.0. The fourth-order valence-electron chi connectivity index (χ4n) is 3.36. The average molecular weight is 520 g/mol. The molecular formula is C21H30BrNO9. The maximum atomic E-state index is 13.3. The summed E-state index contributed by atoms with van der Waals surface area (Å²) in [6.45, 7) is 5.69. The van der Waals surface area contributed by atoms with Crippen molar-refractivity contribution in [1.29, 1.82) is 0 Å². The van der Waals surface area contributed by atoms with Crippen molar-refractivity contribution in [3.63, 3.8) is 0 Å². The van der Waals surface area contributed by atoms with Gasteiger partial charge in [-0.1, -0.05) is 13.8 Å². The van der Waals surface area contributed by atoms with Gasteiger partial charge in [-0.2, -0.15) is 0 Å². The smallest absolute Gasteiger partial charge is 0.417 e. The Labute approximate surface area is 195 Å². The average Bonchev–Trinajstić information content (AvgIpc) is 3.30. The molecule has 0 unspecified atom stereocenters. The van der Waals surface area contributed by atoms with Crippen molar-refractivity contribution in [2.24, 2.45) is 5.92 Å². The number of rotatable bonds is 12. The number of nitrogens with zero attached hydrogens (tertiary/aromatic N) is 1. The first-order valence-corrected chi connectivity index (χ1v) is 11.2. The van der Waals surface area contributed by atoms with Crippen molar-refractivity contribution in [1.82, 2.24) is 4.90 Å². The van der Waals surface area contributed by atoms with E-state index in [4.69, 9.17) is 28.5 Å². The van der Waals surface area contributed by atoms with E-state index in [2.05, 4.69) is 15.9 Å². The molecule has 10 nitrogen and oxygen atoms in total. The van der Waals surface area contributed by atoms with Gasteiger partial charge in [0.25, 0.3) is 5.91 Å². The number of furan rings is 1. The summed E-state index contributed by atoms with van der Waals surface area (Å²) in [5.41, 5.74) is 0. The Morgan fingerprint density at radius 3 is 2.66 bits per heavy atom. The van der Waals surface area contributed by atoms with E-state index < -0.39 is 36.2 Å². The normalized spacial score (nSPS) is 18.0. The van der Waals surface area contributed by atoms with Crippen molar-refractivity contribution in [2.45, 2.75) is 51.9 Å². The van der Waals surface area contributed by atoms with Gasteiger partial charge in [-0.15, -0.1) is 0 Å². The molecule has 1 N–H and O–H groups in total. The highest BCUT2D eigenvalue weighted by molar-refractivity contribution is 9.10. The molecule has 0 bridgehead atoms. The quantitative estimate of drug-likeness (QED) is 0.327. The molecule has 2 amide bonds. The summed E-state index contributed by atoms with van der Waals surface area (Å²) in [5, 5.41) is 8.76. The summed E-state index contributed by atoms with van der Waals surface area (Å²) in [7, 11) is 1.29. The number of methoxy groups -OCH3 is 1. The third-order valence-corrected chi connectivity index (χ3v) is 5.63. The summed E-state index contributed by atoms with van der Waals surface area (Å²) in [6, 6.07) is 1.16. The topological polar surface area (TPSA) is 125 Å². The lowest BCUT2D eigenvalue weighted by molar-refractivity contribution is -0.164. The zero-order valence-electron chi connectivity index (χ0n) is 18.7. The number of imide groups is 1. The van der Waals surface area contributed by atoms with Gasteiger partial charge in [-0.3, -0.25) is 9.59 Å². The van der Waals surface area contributed by atoms with E-state index in [0.29, 0.717) is 29.7 Å². The van der Waals surface area contributed by atoms with Crippen LogP contribution < -0.4 is 0 Å². The molecule has 0 aromatic carbocycles. The lowest BCUT2D eigenvalue weighted by Crippen LogP contribution is -2.49. The zero-order valence-corrected chi connectivity index (χ0v) is 20.3. The van der Waals surface area contributed by atoms with Crippen molar-refractivity contribution < 1.29 is 42.9 Å². The fraction of sp³-hybridized carbons (Fsp3) is 0.667. The van der Waals surface area contributed by atoms with Crippen LogP contribution in [0.2, 0.25) is 0 Å². The van der Waals surface area contributed by atoms with Crippen LogP contribution in [-0.2, 0) is 35.0 Å². The number of carbonyl (C=O) groups is 3. The zero-order chi connectivity index (χ0) is 23.8. The highest BCUT2D eigenvalue weighted by Gasteiger charge is 2.46. The SMILES string of the molecule is CO[C@@H](C(=O)N1C(=O)OC[C@H]1C(C)C)[C@@H](OC(C)=O)c1cc(Br)c(CCCOCCO)o1. The molecule has 1 aromatic heterocycles. The molecule has 2 rings (SSSR count). The van der Waals surface area contributed by atoms with Gasteiger partial charge < -0.3 is 28.5 Å². The molecule has 2 heterocycles. The van der Waals surface area contributed by atoms with Gasteiger partial charge in [0.05, 0.1) is 23.7 Å². The number of amides is 2. The number of aliphatic hydroxyl groups excluding tert-OH is 1. The number of hydrogen-bond donors (Lipinski definition) is 1. The van der Waals surface area contributed by atoms with E-state index in [1.807, 2.05) is 13.8 Å². The van der Waals surface area contributed by atoms with Gasteiger partial charge in [0.2, 0.25) is 0 Å². The van der Waals surface area contributed by atoms with E-state index in [1.54, 1.807) is 6.07 Å². The van der Waals surface area contributed by atoms with Gasteiger partial charge >= 0.3 is 12.1 Å². The standard InChI is InChI=1S/C21H30BrNO9/c1-12(2)15-11-30-21(27)23(15)20(26)19(28-4)18(31-13(3)25)17-10-14(22)16(32-17)6-5-8-29-9-7-24/h10,12,15,18-19,24H,5-9,11H2,1-4H3/t15-,18-,19+/m0/s1. The number of ether oxygens (including phenoxy) is 4. The third-order valence-electron chi connectivity index (χ3n) is 4.96. The maximum Gasteiger partial charge on any atom is 0.417 e. The van der Waals surface area contributed by atoms with Crippen molar-refractivity contribution in [2.75, 3.05) is 33.5 Å². The van der Waals surface area contributed by atoms with Gasteiger partial charge in [0, 0.05) is 27.1 Å². The van der Waals surface area contributed by atoms with Crippen LogP contribution >= 0.6 is 15.9 Å². The molecule has 32 heavy (non-hydrogen) atoms. The molecule has 11 heteroatoms. The first-order chi connectivity index (χ1) is 15.2. The Kier molecular flexibility index (Phi) is 10.1. The van der Waals surface area contributed by atoms with Crippen molar-refractivity contribution in [3.8, 4) is 0 Å². The van der Waals surface area contributed by atoms with E-state index in [-0.39, 0.29) is 31.5 Å². The summed E-state index contributed by atoms with van der Waals surface area (Å²) in [5.74, 6) is -0.570. The molecule has 1 fully saturated rings. The molecule has 1 aromatic rings. The van der Waals surface area contributed by atoms with Crippen LogP contribution in [0.5, 0.6) is 0 Å². The second-order valence-electron chi connectivity index (χ2n) is 7.64. The minimum absolute atomic E-state index is 0.0347. The second kappa shape index (κ2) is 12.3. The fourth-order valence-corrected chi connectivity index (χ4v) is 3.86. The van der Waals surface area contributed by atoms with Crippen LogP contribution in [0.25, 0.3) is 0 Å². The van der Waals surface area contributed by atoms with E-state index in [1.165, 1.54) is 14.0 Å². The maximum absolute atomic E-state index is 13.3. The van der Waals surface area contributed by atoms with Gasteiger partial charge in [0.15, 0.2) is 12.2 Å². The van der Waals surface area contributed by atoms with Crippen LogP contribution in [0.3, 0.4) is 0 Å². The summed E-state index contributed by atoms with van der Waals surface area (Å²) in [4.78, 5) is 38.4. The monoisotopic (exact) mass is 519 g/mol. The Morgan fingerprint density at radius 1 is 1.34 bits per heavy atom.